The van der Waals surface area contributed by atoms with E-state index in [0.717, 1.165) is 17.1 Å². The number of carbonyl (C=O) groups is 1. The molecule has 7 nitrogen and oxygen atoms in total. The minimum absolute atomic E-state index is 0.109. The standard InChI is InChI=1S/C21H26N6O/c1-15(2)18-7-5-16(13-23-18)11-20(28)26-9-10-27(21(3,4)14-26)19-8-6-17(12-22)24-25-19/h5-8,13,15H,9-11,14H2,1-4H3. The molecule has 2 aromatic heterocycles. The Kier molecular flexibility index (Phi) is 5.59. The molecular weight excluding hydrogens is 352 g/mol. The van der Waals surface area contributed by atoms with Crippen molar-refractivity contribution < 1.29 is 4.79 Å². The number of piperazine rings is 1. The predicted octanol–water partition coefficient (Wildman–Crippen LogP) is 2.54. The van der Waals surface area contributed by atoms with Crippen molar-refractivity contribution in [3.8, 4) is 6.07 Å². The molecule has 0 unspecified atom stereocenters. The van der Waals surface area contributed by atoms with Crippen LogP contribution in [0.1, 0.15) is 50.6 Å². The summed E-state index contributed by atoms with van der Waals surface area (Å²) in [5, 5.41) is 17.0. The van der Waals surface area contributed by atoms with Crippen LogP contribution in [0.4, 0.5) is 5.82 Å². The summed E-state index contributed by atoms with van der Waals surface area (Å²) in [6.45, 7) is 10.3. The van der Waals surface area contributed by atoms with Crippen LogP contribution in [-0.2, 0) is 11.2 Å². The third kappa shape index (κ3) is 4.28. The number of nitriles is 1. The summed E-state index contributed by atoms with van der Waals surface area (Å²) in [4.78, 5) is 21.3. The van der Waals surface area contributed by atoms with E-state index in [0.29, 0.717) is 37.7 Å². The number of anilines is 1. The monoisotopic (exact) mass is 378 g/mol. The number of aromatic nitrogens is 3. The zero-order valence-corrected chi connectivity index (χ0v) is 16.9. The second kappa shape index (κ2) is 7.93. The van der Waals surface area contributed by atoms with Gasteiger partial charge in [-0.3, -0.25) is 9.78 Å². The molecule has 0 radical (unpaired) electrons. The van der Waals surface area contributed by atoms with Crippen LogP contribution >= 0.6 is 0 Å². The summed E-state index contributed by atoms with van der Waals surface area (Å²) < 4.78 is 0. The minimum Gasteiger partial charge on any atom is -0.346 e. The molecule has 1 aliphatic heterocycles. The van der Waals surface area contributed by atoms with Gasteiger partial charge in [0.25, 0.3) is 0 Å². The normalized spacial score (nSPS) is 16.1. The first-order chi connectivity index (χ1) is 13.3. The largest absolute Gasteiger partial charge is 0.346 e. The van der Waals surface area contributed by atoms with E-state index in [-0.39, 0.29) is 11.4 Å². The molecule has 0 bridgehead atoms. The van der Waals surface area contributed by atoms with E-state index < -0.39 is 0 Å². The Bertz CT molecular complexity index is 867. The van der Waals surface area contributed by atoms with Crippen molar-refractivity contribution in [2.75, 3.05) is 24.5 Å². The van der Waals surface area contributed by atoms with E-state index in [4.69, 9.17) is 5.26 Å². The van der Waals surface area contributed by atoms with Crippen LogP contribution in [0.2, 0.25) is 0 Å². The Balaban J connectivity index is 1.65. The van der Waals surface area contributed by atoms with E-state index in [2.05, 4.69) is 47.8 Å². The lowest BCUT2D eigenvalue weighted by molar-refractivity contribution is -0.132. The topological polar surface area (TPSA) is 86.0 Å². The van der Waals surface area contributed by atoms with Gasteiger partial charge in [-0.05, 0) is 43.5 Å². The smallest absolute Gasteiger partial charge is 0.227 e. The van der Waals surface area contributed by atoms with Gasteiger partial charge in [-0.2, -0.15) is 5.26 Å². The van der Waals surface area contributed by atoms with Crippen molar-refractivity contribution in [3.63, 3.8) is 0 Å². The number of rotatable bonds is 4. The lowest BCUT2D eigenvalue weighted by Crippen LogP contribution is -2.61. The maximum absolute atomic E-state index is 12.8. The number of hydrogen-bond acceptors (Lipinski definition) is 6. The molecule has 2 aromatic rings. The maximum atomic E-state index is 12.8. The summed E-state index contributed by atoms with van der Waals surface area (Å²) >= 11 is 0. The van der Waals surface area contributed by atoms with E-state index in [1.807, 2.05) is 29.2 Å². The molecule has 0 aromatic carbocycles. The van der Waals surface area contributed by atoms with Crippen molar-refractivity contribution in [1.82, 2.24) is 20.1 Å². The molecule has 3 rings (SSSR count). The quantitative estimate of drug-likeness (QED) is 0.813. The highest BCUT2D eigenvalue weighted by atomic mass is 16.2. The lowest BCUT2D eigenvalue weighted by atomic mass is 9.98. The van der Waals surface area contributed by atoms with Crippen LogP contribution in [0, 0.1) is 11.3 Å². The van der Waals surface area contributed by atoms with Gasteiger partial charge in [0, 0.05) is 31.5 Å². The first-order valence-electron chi connectivity index (χ1n) is 9.54. The molecule has 146 valence electrons. The number of carbonyl (C=O) groups excluding carboxylic acids is 1. The van der Waals surface area contributed by atoms with Crippen LogP contribution in [0.3, 0.4) is 0 Å². The zero-order valence-electron chi connectivity index (χ0n) is 16.9. The Morgan fingerprint density at radius 2 is 2.00 bits per heavy atom. The summed E-state index contributed by atoms with van der Waals surface area (Å²) in [6.07, 6.45) is 2.17. The summed E-state index contributed by atoms with van der Waals surface area (Å²) in [7, 11) is 0. The molecule has 0 N–H and O–H groups in total. The summed E-state index contributed by atoms with van der Waals surface area (Å²) in [5.41, 5.74) is 1.99. The highest BCUT2D eigenvalue weighted by Gasteiger charge is 2.36. The molecule has 0 spiro atoms. The van der Waals surface area contributed by atoms with Crippen molar-refractivity contribution in [3.05, 3.63) is 47.4 Å². The minimum atomic E-state index is -0.281. The van der Waals surface area contributed by atoms with Gasteiger partial charge in [-0.15, -0.1) is 10.2 Å². The fourth-order valence-corrected chi connectivity index (χ4v) is 3.49. The molecule has 0 atom stereocenters. The first kappa shape index (κ1) is 19.7. The average molecular weight is 378 g/mol. The second-order valence-corrected chi connectivity index (χ2v) is 8.09. The number of nitrogens with zero attached hydrogens (tertiary/aromatic N) is 6. The van der Waals surface area contributed by atoms with Gasteiger partial charge in [-0.25, -0.2) is 0 Å². The molecule has 3 heterocycles. The van der Waals surface area contributed by atoms with Crippen LogP contribution in [0.25, 0.3) is 0 Å². The molecule has 7 heteroatoms. The van der Waals surface area contributed by atoms with Crippen LogP contribution in [0.15, 0.2) is 30.5 Å². The third-order valence-corrected chi connectivity index (χ3v) is 5.09. The molecule has 1 aliphatic rings. The number of hydrogen-bond donors (Lipinski definition) is 0. The van der Waals surface area contributed by atoms with Crippen molar-refractivity contribution in [2.24, 2.45) is 0 Å². The zero-order chi connectivity index (χ0) is 20.3. The second-order valence-electron chi connectivity index (χ2n) is 8.09. The first-order valence-corrected chi connectivity index (χ1v) is 9.54. The van der Waals surface area contributed by atoms with Gasteiger partial charge in [0.1, 0.15) is 6.07 Å². The third-order valence-electron chi connectivity index (χ3n) is 5.09. The molecule has 1 amide bonds. The Morgan fingerprint density at radius 1 is 1.21 bits per heavy atom. The van der Waals surface area contributed by atoms with Crippen molar-refractivity contribution in [1.29, 1.82) is 5.26 Å². The molecule has 28 heavy (non-hydrogen) atoms. The highest BCUT2D eigenvalue weighted by Crippen LogP contribution is 2.26. The van der Waals surface area contributed by atoms with Crippen LogP contribution in [-0.4, -0.2) is 51.2 Å². The molecular formula is C21H26N6O. The fraction of sp³-hybridized carbons (Fsp3) is 0.476. The van der Waals surface area contributed by atoms with Crippen LogP contribution < -0.4 is 4.90 Å². The van der Waals surface area contributed by atoms with Crippen LogP contribution in [0.5, 0.6) is 0 Å². The van der Waals surface area contributed by atoms with E-state index in [1.54, 1.807) is 12.3 Å². The van der Waals surface area contributed by atoms with E-state index >= 15 is 0 Å². The summed E-state index contributed by atoms with van der Waals surface area (Å²) in [6, 6.07) is 9.46. The van der Waals surface area contributed by atoms with Gasteiger partial charge in [0.05, 0.1) is 12.0 Å². The molecule has 0 saturated carbocycles. The van der Waals surface area contributed by atoms with Gasteiger partial charge >= 0.3 is 0 Å². The number of amides is 1. The SMILES string of the molecule is CC(C)c1ccc(CC(=O)N2CCN(c3ccc(C#N)nn3)C(C)(C)C2)cn1. The summed E-state index contributed by atoms with van der Waals surface area (Å²) in [5.74, 6) is 1.21. The Hall–Kier alpha value is -3.01. The maximum Gasteiger partial charge on any atom is 0.227 e. The van der Waals surface area contributed by atoms with Gasteiger partial charge < -0.3 is 9.80 Å². The van der Waals surface area contributed by atoms with Crippen molar-refractivity contribution in [2.45, 2.75) is 45.6 Å². The molecule has 0 aliphatic carbocycles. The van der Waals surface area contributed by atoms with Crippen molar-refractivity contribution >= 4 is 11.7 Å². The van der Waals surface area contributed by atoms with E-state index in [1.165, 1.54) is 0 Å². The molecule has 1 saturated heterocycles. The number of pyridine rings is 1. The Morgan fingerprint density at radius 3 is 2.54 bits per heavy atom. The Labute approximate surface area is 166 Å². The lowest BCUT2D eigenvalue weighted by Gasteiger charge is -2.47. The van der Waals surface area contributed by atoms with Gasteiger partial charge in [0.2, 0.25) is 5.91 Å². The fourth-order valence-electron chi connectivity index (χ4n) is 3.49. The van der Waals surface area contributed by atoms with Gasteiger partial charge in [0.15, 0.2) is 11.5 Å². The average Bonchev–Trinajstić information content (AvgIpc) is 2.67. The van der Waals surface area contributed by atoms with Gasteiger partial charge in [-0.1, -0.05) is 19.9 Å². The predicted molar refractivity (Wildman–Crippen MR) is 107 cm³/mol. The highest BCUT2D eigenvalue weighted by molar-refractivity contribution is 5.79. The molecule has 1 fully saturated rings. The van der Waals surface area contributed by atoms with E-state index in [9.17, 15) is 4.79 Å².